The van der Waals surface area contributed by atoms with Crippen LogP contribution in [-0.4, -0.2) is 22.8 Å². The van der Waals surface area contributed by atoms with Crippen molar-refractivity contribution in [2.75, 3.05) is 0 Å². The van der Waals surface area contributed by atoms with Crippen molar-refractivity contribution in [3.05, 3.63) is 35.4 Å². The lowest BCUT2D eigenvalue weighted by atomic mass is 10.0. The Bertz CT molecular complexity index is 411. The van der Waals surface area contributed by atoms with Gasteiger partial charge in [0.05, 0.1) is 12.6 Å². The zero-order chi connectivity index (χ0) is 11.5. The molecule has 1 aromatic rings. The van der Waals surface area contributed by atoms with Crippen LogP contribution >= 0.6 is 0 Å². The molecule has 2 N–H and O–H groups in total. The van der Waals surface area contributed by atoms with Gasteiger partial charge in [-0.25, -0.2) is 0 Å². The van der Waals surface area contributed by atoms with E-state index in [1.807, 2.05) is 0 Å². The Morgan fingerprint density at radius 1 is 1.38 bits per heavy atom. The van der Waals surface area contributed by atoms with Crippen LogP contribution in [0.4, 0.5) is 0 Å². The van der Waals surface area contributed by atoms with Crippen LogP contribution in [0.2, 0.25) is 0 Å². The fraction of sp³-hybridized carbons (Fsp3) is 0.333. The van der Waals surface area contributed by atoms with E-state index < -0.39 is 0 Å². The number of aliphatic hydroxyl groups excluding tert-OH is 1. The van der Waals surface area contributed by atoms with Gasteiger partial charge >= 0.3 is 0 Å². The smallest absolute Gasteiger partial charge is 0.220 e. The Morgan fingerprint density at radius 3 is 2.56 bits per heavy atom. The molecule has 1 saturated heterocycles. The second-order valence-corrected chi connectivity index (χ2v) is 3.88. The van der Waals surface area contributed by atoms with Crippen LogP contribution in [0.1, 0.15) is 28.8 Å². The van der Waals surface area contributed by atoms with Crippen LogP contribution < -0.4 is 5.32 Å². The summed E-state index contributed by atoms with van der Waals surface area (Å²) < 4.78 is 0. The lowest BCUT2D eigenvalue weighted by molar-refractivity contribution is -0.119. The van der Waals surface area contributed by atoms with E-state index in [9.17, 15) is 9.59 Å². The van der Waals surface area contributed by atoms with Crippen LogP contribution in [0.25, 0.3) is 0 Å². The number of nitrogens with one attached hydrogen (secondary N) is 1. The summed E-state index contributed by atoms with van der Waals surface area (Å²) in [6, 6.07) is 6.40. The number of Topliss-reactive ketones (excluding diaryl/α,β-unsaturated/α-hetero) is 1. The number of carbonyl (C=O) groups is 2. The second kappa shape index (κ2) is 4.45. The number of hydrogen-bond donors (Lipinski definition) is 2. The summed E-state index contributed by atoms with van der Waals surface area (Å²) in [5.74, 6) is -0.124. The predicted molar refractivity (Wildman–Crippen MR) is 57.9 cm³/mol. The largest absolute Gasteiger partial charge is 0.392 e. The summed E-state index contributed by atoms with van der Waals surface area (Å²) >= 11 is 0. The summed E-state index contributed by atoms with van der Waals surface area (Å²) in [5, 5.41) is 11.5. The molecule has 16 heavy (non-hydrogen) atoms. The lowest BCUT2D eigenvalue weighted by Crippen LogP contribution is -2.33. The quantitative estimate of drug-likeness (QED) is 0.733. The van der Waals surface area contributed by atoms with Gasteiger partial charge < -0.3 is 10.4 Å². The normalized spacial score (nSPS) is 19.6. The highest BCUT2D eigenvalue weighted by molar-refractivity contribution is 6.03. The Kier molecular flexibility index (Phi) is 3.01. The Morgan fingerprint density at radius 2 is 2.06 bits per heavy atom. The number of aliphatic hydroxyl groups is 1. The van der Waals surface area contributed by atoms with Gasteiger partial charge in [-0.2, -0.15) is 0 Å². The molecule has 1 atom stereocenters. The molecule has 1 aromatic carbocycles. The molecule has 0 spiro atoms. The third-order valence-corrected chi connectivity index (χ3v) is 2.73. The van der Waals surface area contributed by atoms with Gasteiger partial charge in [0.25, 0.3) is 0 Å². The minimum atomic E-state index is -0.382. The fourth-order valence-corrected chi connectivity index (χ4v) is 1.79. The predicted octanol–water partition coefficient (Wildman–Crippen LogP) is 0.640. The summed E-state index contributed by atoms with van der Waals surface area (Å²) in [4.78, 5) is 22.9. The first-order valence-electron chi connectivity index (χ1n) is 5.24. The van der Waals surface area contributed by atoms with Crippen LogP contribution in [0.5, 0.6) is 0 Å². The molecule has 2 rings (SSSR count). The zero-order valence-corrected chi connectivity index (χ0v) is 8.77. The molecular formula is C12H13NO3. The minimum Gasteiger partial charge on any atom is -0.392 e. The van der Waals surface area contributed by atoms with Gasteiger partial charge in [0.1, 0.15) is 0 Å². The van der Waals surface area contributed by atoms with Crippen molar-refractivity contribution in [1.82, 2.24) is 5.32 Å². The Labute approximate surface area is 93.3 Å². The van der Waals surface area contributed by atoms with Gasteiger partial charge in [-0.15, -0.1) is 0 Å². The van der Waals surface area contributed by atoms with E-state index in [-0.39, 0.29) is 24.3 Å². The van der Waals surface area contributed by atoms with Crippen molar-refractivity contribution in [1.29, 1.82) is 0 Å². The molecule has 84 valence electrons. The molecule has 0 radical (unpaired) electrons. The summed E-state index contributed by atoms with van der Waals surface area (Å²) in [5.41, 5.74) is 1.34. The van der Waals surface area contributed by atoms with Crippen LogP contribution in [0.3, 0.4) is 0 Å². The number of ketones is 1. The van der Waals surface area contributed by atoms with E-state index >= 15 is 0 Å². The monoisotopic (exact) mass is 219 g/mol. The third kappa shape index (κ3) is 2.12. The molecule has 1 aliphatic heterocycles. The van der Waals surface area contributed by atoms with Crippen molar-refractivity contribution in [3.8, 4) is 0 Å². The SMILES string of the molecule is O=C1CC[C@@H](C(=O)c2ccc(CO)cc2)N1. The topological polar surface area (TPSA) is 66.4 Å². The molecule has 1 fully saturated rings. The van der Waals surface area contributed by atoms with Crippen LogP contribution in [0, 0.1) is 0 Å². The van der Waals surface area contributed by atoms with E-state index in [1.165, 1.54) is 0 Å². The highest BCUT2D eigenvalue weighted by Gasteiger charge is 2.27. The molecule has 0 saturated carbocycles. The second-order valence-electron chi connectivity index (χ2n) is 3.88. The first kappa shape index (κ1) is 10.8. The van der Waals surface area contributed by atoms with Gasteiger partial charge in [-0.05, 0) is 12.0 Å². The van der Waals surface area contributed by atoms with Crippen LogP contribution in [-0.2, 0) is 11.4 Å². The minimum absolute atomic E-state index is 0.0331. The van der Waals surface area contributed by atoms with Crippen molar-refractivity contribution in [3.63, 3.8) is 0 Å². The number of amides is 1. The number of benzene rings is 1. The average molecular weight is 219 g/mol. The van der Waals surface area contributed by atoms with Crippen molar-refractivity contribution in [2.45, 2.75) is 25.5 Å². The highest BCUT2D eigenvalue weighted by Crippen LogP contribution is 2.14. The molecule has 4 nitrogen and oxygen atoms in total. The zero-order valence-electron chi connectivity index (χ0n) is 8.77. The van der Waals surface area contributed by atoms with E-state index in [0.29, 0.717) is 18.4 Å². The summed E-state index contributed by atoms with van der Waals surface area (Å²) in [6.07, 6.45) is 0.991. The summed E-state index contributed by atoms with van der Waals surface area (Å²) in [7, 11) is 0. The Hall–Kier alpha value is -1.68. The number of hydrogen-bond acceptors (Lipinski definition) is 3. The fourth-order valence-electron chi connectivity index (χ4n) is 1.79. The molecular weight excluding hydrogens is 206 g/mol. The van der Waals surface area contributed by atoms with Gasteiger partial charge in [0.15, 0.2) is 5.78 Å². The Balaban J connectivity index is 2.11. The van der Waals surface area contributed by atoms with Crippen molar-refractivity contribution in [2.24, 2.45) is 0 Å². The molecule has 4 heteroatoms. The standard InChI is InChI=1S/C12H13NO3/c14-7-8-1-3-9(4-2-8)12(16)10-5-6-11(15)13-10/h1-4,10,14H,5-7H2,(H,13,15)/t10-/m0/s1. The van der Waals surface area contributed by atoms with Gasteiger partial charge in [-0.3, -0.25) is 9.59 Å². The van der Waals surface area contributed by atoms with E-state index in [4.69, 9.17) is 5.11 Å². The maximum atomic E-state index is 11.9. The molecule has 1 amide bonds. The molecule has 1 aliphatic rings. The number of carbonyl (C=O) groups excluding carboxylic acids is 2. The lowest BCUT2D eigenvalue weighted by Gasteiger charge is -2.08. The van der Waals surface area contributed by atoms with E-state index in [1.54, 1.807) is 24.3 Å². The highest BCUT2D eigenvalue weighted by atomic mass is 16.3. The van der Waals surface area contributed by atoms with Gasteiger partial charge in [0, 0.05) is 12.0 Å². The molecule has 1 heterocycles. The molecule has 0 bridgehead atoms. The molecule has 0 unspecified atom stereocenters. The van der Waals surface area contributed by atoms with Gasteiger partial charge in [-0.1, -0.05) is 24.3 Å². The van der Waals surface area contributed by atoms with Gasteiger partial charge in [0.2, 0.25) is 5.91 Å². The van der Waals surface area contributed by atoms with E-state index in [2.05, 4.69) is 5.32 Å². The molecule has 0 aliphatic carbocycles. The maximum Gasteiger partial charge on any atom is 0.220 e. The third-order valence-electron chi connectivity index (χ3n) is 2.73. The van der Waals surface area contributed by atoms with Crippen LogP contribution in [0.15, 0.2) is 24.3 Å². The first-order valence-corrected chi connectivity index (χ1v) is 5.24. The summed E-state index contributed by atoms with van der Waals surface area (Å²) in [6.45, 7) is -0.0331. The number of rotatable bonds is 3. The van der Waals surface area contributed by atoms with E-state index in [0.717, 1.165) is 5.56 Å². The van der Waals surface area contributed by atoms with Crippen molar-refractivity contribution >= 4 is 11.7 Å². The van der Waals surface area contributed by atoms with Crippen molar-refractivity contribution < 1.29 is 14.7 Å². The average Bonchev–Trinajstić information content (AvgIpc) is 2.75. The molecule has 0 aromatic heterocycles. The first-order chi connectivity index (χ1) is 7.70. The maximum absolute atomic E-state index is 11.9.